The Morgan fingerprint density at radius 3 is 2.54 bits per heavy atom. The standard InChI is InChI=1S/C9H13NO3/c1-4-5-6-8(11)10(3)7(2)9(12)13/h1,7H,5-6H2,2-3H3,(H,12,13)/t7-/m0/s1. The van der Waals surface area contributed by atoms with Gasteiger partial charge >= 0.3 is 5.97 Å². The van der Waals surface area contributed by atoms with E-state index in [1.807, 2.05) is 0 Å². The number of carbonyl (C=O) groups excluding carboxylic acids is 1. The first-order chi connectivity index (χ1) is 6.00. The van der Waals surface area contributed by atoms with Crippen LogP contribution in [-0.2, 0) is 9.59 Å². The average Bonchev–Trinajstić information content (AvgIpc) is 2.11. The van der Waals surface area contributed by atoms with E-state index in [0.717, 1.165) is 0 Å². The highest BCUT2D eigenvalue weighted by atomic mass is 16.4. The van der Waals surface area contributed by atoms with Crippen LogP contribution in [0.25, 0.3) is 0 Å². The molecule has 0 aliphatic rings. The van der Waals surface area contributed by atoms with Crippen LogP contribution < -0.4 is 0 Å². The van der Waals surface area contributed by atoms with E-state index in [9.17, 15) is 9.59 Å². The summed E-state index contributed by atoms with van der Waals surface area (Å²) in [6, 6.07) is -0.801. The van der Waals surface area contributed by atoms with E-state index in [-0.39, 0.29) is 12.3 Å². The lowest BCUT2D eigenvalue weighted by Crippen LogP contribution is -2.40. The number of hydrogen-bond acceptors (Lipinski definition) is 2. The minimum atomic E-state index is -1.02. The minimum absolute atomic E-state index is 0.199. The van der Waals surface area contributed by atoms with Gasteiger partial charge in [0.25, 0.3) is 0 Å². The Balaban J connectivity index is 4.11. The molecule has 0 rings (SSSR count). The number of carbonyl (C=O) groups is 2. The molecule has 1 N–H and O–H groups in total. The maximum atomic E-state index is 11.2. The number of nitrogens with zero attached hydrogens (tertiary/aromatic N) is 1. The van der Waals surface area contributed by atoms with Crippen molar-refractivity contribution >= 4 is 11.9 Å². The Bertz CT molecular complexity index is 242. The van der Waals surface area contributed by atoms with Gasteiger partial charge < -0.3 is 10.0 Å². The second kappa shape index (κ2) is 5.20. The lowest BCUT2D eigenvalue weighted by Gasteiger charge is -2.20. The van der Waals surface area contributed by atoms with Crippen molar-refractivity contribution in [1.29, 1.82) is 0 Å². The second-order valence-corrected chi connectivity index (χ2v) is 2.72. The van der Waals surface area contributed by atoms with Gasteiger partial charge in [0.1, 0.15) is 6.04 Å². The quantitative estimate of drug-likeness (QED) is 0.639. The predicted octanol–water partition coefficient (Wildman–Crippen LogP) is 0.331. The van der Waals surface area contributed by atoms with E-state index in [4.69, 9.17) is 11.5 Å². The number of terminal acetylenes is 1. The monoisotopic (exact) mass is 183 g/mol. The smallest absolute Gasteiger partial charge is 0.326 e. The highest BCUT2D eigenvalue weighted by molar-refractivity contribution is 5.83. The maximum absolute atomic E-state index is 11.2. The predicted molar refractivity (Wildman–Crippen MR) is 47.9 cm³/mol. The minimum Gasteiger partial charge on any atom is -0.480 e. The molecule has 0 aliphatic carbocycles. The number of rotatable bonds is 4. The summed E-state index contributed by atoms with van der Waals surface area (Å²) >= 11 is 0. The van der Waals surface area contributed by atoms with Crippen molar-refractivity contribution in [2.24, 2.45) is 0 Å². The topological polar surface area (TPSA) is 57.6 Å². The van der Waals surface area contributed by atoms with Crippen molar-refractivity contribution in [2.45, 2.75) is 25.8 Å². The van der Waals surface area contributed by atoms with Gasteiger partial charge in [0.2, 0.25) is 5.91 Å². The Morgan fingerprint density at radius 1 is 1.62 bits per heavy atom. The van der Waals surface area contributed by atoms with Crippen molar-refractivity contribution < 1.29 is 14.7 Å². The van der Waals surface area contributed by atoms with Crippen molar-refractivity contribution in [3.63, 3.8) is 0 Å². The third-order valence-electron chi connectivity index (χ3n) is 1.81. The summed E-state index contributed by atoms with van der Waals surface area (Å²) in [5.41, 5.74) is 0. The van der Waals surface area contributed by atoms with Crippen LogP contribution in [0.5, 0.6) is 0 Å². The molecule has 0 aromatic rings. The highest BCUT2D eigenvalue weighted by Crippen LogP contribution is 2.00. The maximum Gasteiger partial charge on any atom is 0.326 e. The molecule has 0 aliphatic heterocycles. The highest BCUT2D eigenvalue weighted by Gasteiger charge is 2.20. The first kappa shape index (κ1) is 11.5. The molecule has 0 saturated heterocycles. The van der Waals surface area contributed by atoms with Crippen molar-refractivity contribution in [1.82, 2.24) is 4.90 Å². The summed E-state index contributed by atoms with van der Waals surface area (Å²) in [6.07, 6.45) is 5.52. The van der Waals surface area contributed by atoms with Crippen LogP contribution >= 0.6 is 0 Å². The molecule has 0 fully saturated rings. The molecule has 0 bridgehead atoms. The van der Waals surface area contributed by atoms with E-state index in [1.165, 1.54) is 18.9 Å². The molecule has 0 radical (unpaired) electrons. The molecular weight excluding hydrogens is 170 g/mol. The Labute approximate surface area is 77.5 Å². The largest absolute Gasteiger partial charge is 0.480 e. The molecule has 0 aromatic heterocycles. The van der Waals surface area contributed by atoms with E-state index in [2.05, 4.69) is 5.92 Å². The molecular formula is C9H13NO3. The van der Waals surface area contributed by atoms with Gasteiger partial charge in [-0.05, 0) is 6.92 Å². The van der Waals surface area contributed by atoms with Gasteiger partial charge in [0, 0.05) is 19.9 Å². The van der Waals surface area contributed by atoms with Crippen LogP contribution in [0.4, 0.5) is 0 Å². The zero-order valence-electron chi connectivity index (χ0n) is 7.78. The van der Waals surface area contributed by atoms with Gasteiger partial charge in [0.15, 0.2) is 0 Å². The second-order valence-electron chi connectivity index (χ2n) is 2.72. The molecule has 72 valence electrons. The summed E-state index contributed by atoms with van der Waals surface area (Å²) < 4.78 is 0. The number of hydrogen-bond donors (Lipinski definition) is 1. The fourth-order valence-corrected chi connectivity index (χ4v) is 0.737. The van der Waals surface area contributed by atoms with Crippen LogP contribution in [0, 0.1) is 12.3 Å². The van der Waals surface area contributed by atoms with Crippen LogP contribution in [0.1, 0.15) is 19.8 Å². The van der Waals surface area contributed by atoms with Crippen LogP contribution in [0.2, 0.25) is 0 Å². The van der Waals surface area contributed by atoms with Crippen molar-refractivity contribution in [3.8, 4) is 12.3 Å². The molecule has 0 aromatic carbocycles. The third kappa shape index (κ3) is 3.61. The molecule has 0 unspecified atom stereocenters. The van der Waals surface area contributed by atoms with Crippen molar-refractivity contribution in [2.75, 3.05) is 7.05 Å². The molecule has 13 heavy (non-hydrogen) atoms. The zero-order valence-corrected chi connectivity index (χ0v) is 7.78. The van der Waals surface area contributed by atoms with Crippen molar-refractivity contribution in [3.05, 3.63) is 0 Å². The molecule has 4 heteroatoms. The van der Waals surface area contributed by atoms with Gasteiger partial charge in [-0.3, -0.25) is 4.79 Å². The Morgan fingerprint density at radius 2 is 2.15 bits per heavy atom. The molecule has 0 saturated carbocycles. The first-order valence-corrected chi connectivity index (χ1v) is 3.92. The lowest BCUT2D eigenvalue weighted by molar-refractivity contribution is -0.148. The lowest BCUT2D eigenvalue weighted by atomic mass is 10.2. The van der Waals surface area contributed by atoms with Crippen LogP contribution in [0.15, 0.2) is 0 Å². The Hall–Kier alpha value is -1.50. The number of aliphatic carboxylic acids is 1. The van der Waals surface area contributed by atoms with Gasteiger partial charge in [0.05, 0.1) is 0 Å². The summed E-state index contributed by atoms with van der Waals surface area (Å²) in [4.78, 5) is 22.9. The normalized spacial score (nSPS) is 11.5. The van der Waals surface area contributed by atoms with E-state index >= 15 is 0 Å². The summed E-state index contributed by atoms with van der Waals surface area (Å²) in [7, 11) is 1.46. The van der Waals surface area contributed by atoms with Crippen LogP contribution in [-0.4, -0.2) is 35.0 Å². The molecule has 0 spiro atoms. The fourth-order valence-electron chi connectivity index (χ4n) is 0.737. The SMILES string of the molecule is C#CCCC(=O)N(C)[C@@H](C)C(=O)O. The van der Waals surface area contributed by atoms with Gasteiger partial charge in [-0.1, -0.05) is 0 Å². The average molecular weight is 183 g/mol. The Kier molecular flexibility index (Phi) is 4.60. The number of carboxylic acids is 1. The van der Waals surface area contributed by atoms with Gasteiger partial charge in [-0.2, -0.15) is 0 Å². The van der Waals surface area contributed by atoms with E-state index < -0.39 is 12.0 Å². The summed E-state index contributed by atoms with van der Waals surface area (Å²) in [6.45, 7) is 1.45. The van der Waals surface area contributed by atoms with E-state index in [0.29, 0.717) is 6.42 Å². The number of carboxylic acid groups (broad SMARTS) is 1. The molecule has 4 nitrogen and oxygen atoms in total. The summed E-state index contributed by atoms with van der Waals surface area (Å²) in [5.74, 6) is 1.07. The fraction of sp³-hybridized carbons (Fsp3) is 0.556. The molecule has 1 amide bonds. The van der Waals surface area contributed by atoms with E-state index in [1.54, 1.807) is 0 Å². The number of amides is 1. The third-order valence-corrected chi connectivity index (χ3v) is 1.81. The molecule has 1 atom stereocenters. The first-order valence-electron chi connectivity index (χ1n) is 3.92. The number of likely N-dealkylation sites (N-methyl/N-ethyl adjacent to an activating group) is 1. The van der Waals surface area contributed by atoms with Crippen LogP contribution in [0.3, 0.4) is 0 Å². The van der Waals surface area contributed by atoms with Gasteiger partial charge in [-0.15, -0.1) is 12.3 Å². The zero-order chi connectivity index (χ0) is 10.4. The van der Waals surface area contributed by atoms with Gasteiger partial charge in [-0.25, -0.2) is 4.79 Å². The molecule has 0 heterocycles. The summed E-state index contributed by atoms with van der Waals surface area (Å²) in [5, 5.41) is 8.59.